The fraction of sp³-hybridized carbons (Fsp3) is 0. The number of fused-ring (bicyclic) bond motifs is 1. The van der Waals surface area contributed by atoms with Gasteiger partial charge in [-0.15, -0.1) is 0 Å². The second-order valence-electron chi connectivity index (χ2n) is 7.63. The Labute approximate surface area is 187 Å². The standard InChI is InChI=1S/C28H20O3Si/c29-26-20-27(28(30)25-19-11-10-18-24(25)26)31-32(21-12-4-1-5-13-21,22-14-6-2-7-15-22)23-16-8-3-9-17-23/h1-20H. The van der Waals surface area contributed by atoms with Crippen LogP contribution in [0, 0.1) is 0 Å². The number of rotatable bonds is 5. The highest BCUT2D eigenvalue weighted by Gasteiger charge is 2.46. The molecule has 3 nitrogen and oxygen atoms in total. The van der Waals surface area contributed by atoms with E-state index >= 15 is 0 Å². The van der Waals surface area contributed by atoms with Gasteiger partial charge in [0.15, 0.2) is 11.5 Å². The van der Waals surface area contributed by atoms with Crippen LogP contribution in [-0.2, 0) is 4.43 Å². The summed E-state index contributed by atoms with van der Waals surface area (Å²) in [6, 6.07) is 36.9. The predicted molar refractivity (Wildman–Crippen MR) is 128 cm³/mol. The number of ketones is 2. The molecule has 0 saturated carbocycles. The van der Waals surface area contributed by atoms with Crippen molar-refractivity contribution in [2.75, 3.05) is 0 Å². The van der Waals surface area contributed by atoms with Crippen molar-refractivity contribution in [3.8, 4) is 0 Å². The fourth-order valence-electron chi connectivity index (χ4n) is 4.23. The highest BCUT2D eigenvalue weighted by Crippen LogP contribution is 2.24. The minimum absolute atomic E-state index is 0.0944. The zero-order valence-corrected chi connectivity index (χ0v) is 18.3. The summed E-state index contributed by atoms with van der Waals surface area (Å²) in [7, 11) is -3.15. The zero-order chi connectivity index (χ0) is 22.0. The maximum absolute atomic E-state index is 13.4. The summed E-state index contributed by atoms with van der Waals surface area (Å²) >= 11 is 0. The number of carbonyl (C=O) groups excluding carboxylic acids is 2. The molecule has 32 heavy (non-hydrogen) atoms. The van der Waals surface area contributed by atoms with Gasteiger partial charge in [0.1, 0.15) is 0 Å². The van der Waals surface area contributed by atoms with Crippen LogP contribution >= 0.6 is 0 Å². The summed E-state index contributed by atoms with van der Waals surface area (Å²) in [5, 5.41) is 2.99. The molecule has 4 aromatic carbocycles. The van der Waals surface area contributed by atoms with Crippen molar-refractivity contribution in [3.05, 3.63) is 138 Å². The van der Waals surface area contributed by atoms with Crippen molar-refractivity contribution >= 4 is 35.4 Å². The number of Topliss-reactive ketones (excluding diaryl/α,β-unsaturated/α-hetero) is 1. The Kier molecular flexibility index (Phi) is 5.13. The summed E-state index contributed by atoms with van der Waals surface area (Å²) in [5.41, 5.74) is 0.795. The maximum Gasteiger partial charge on any atom is 0.347 e. The van der Waals surface area contributed by atoms with E-state index in [1.807, 2.05) is 91.0 Å². The SMILES string of the molecule is O=C1C=C(O[Si](c2ccccc2)(c2ccccc2)c2ccccc2)C(=O)c2ccccc21. The van der Waals surface area contributed by atoms with Crippen LogP contribution < -0.4 is 15.6 Å². The molecular formula is C28H20O3Si. The molecule has 154 valence electrons. The number of carbonyl (C=O) groups is 2. The minimum atomic E-state index is -3.15. The predicted octanol–water partition coefficient (Wildman–Crippen LogP) is 3.63. The molecule has 0 fully saturated rings. The average Bonchev–Trinajstić information content (AvgIpc) is 2.87. The number of hydrogen-bond acceptors (Lipinski definition) is 3. The lowest BCUT2D eigenvalue weighted by Gasteiger charge is -2.34. The van der Waals surface area contributed by atoms with Crippen LogP contribution in [0.3, 0.4) is 0 Å². The zero-order valence-electron chi connectivity index (χ0n) is 17.3. The summed E-state index contributed by atoms with van der Waals surface area (Å²) in [4.78, 5) is 26.3. The maximum atomic E-state index is 13.4. The molecule has 0 aromatic heterocycles. The Hall–Kier alpha value is -4.02. The fourth-order valence-corrected chi connectivity index (χ4v) is 8.05. The smallest absolute Gasteiger partial charge is 0.347 e. The lowest BCUT2D eigenvalue weighted by atomic mass is 9.94. The molecule has 0 atom stereocenters. The van der Waals surface area contributed by atoms with Crippen LogP contribution in [0.2, 0.25) is 0 Å². The molecule has 0 radical (unpaired) electrons. The topological polar surface area (TPSA) is 43.4 Å². The van der Waals surface area contributed by atoms with Gasteiger partial charge < -0.3 is 4.43 Å². The van der Waals surface area contributed by atoms with E-state index < -0.39 is 8.32 Å². The quantitative estimate of drug-likeness (QED) is 0.357. The molecular weight excluding hydrogens is 412 g/mol. The number of hydrogen-bond donors (Lipinski definition) is 0. The second kappa shape index (κ2) is 8.25. The van der Waals surface area contributed by atoms with Crippen molar-refractivity contribution < 1.29 is 14.0 Å². The summed E-state index contributed by atoms with van der Waals surface area (Å²) in [6.07, 6.45) is 1.35. The van der Waals surface area contributed by atoms with Crippen molar-refractivity contribution in [3.63, 3.8) is 0 Å². The van der Waals surface area contributed by atoms with Crippen LogP contribution in [0.15, 0.2) is 127 Å². The van der Waals surface area contributed by atoms with E-state index in [-0.39, 0.29) is 17.3 Å². The molecule has 0 heterocycles. The Morgan fingerprint density at radius 1 is 0.500 bits per heavy atom. The first-order valence-corrected chi connectivity index (χ1v) is 12.4. The van der Waals surface area contributed by atoms with Gasteiger partial charge in [-0.1, -0.05) is 115 Å². The van der Waals surface area contributed by atoms with Gasteiger partial charge in [-0.25, -0.2) is 0 Å². The van der Waals surface area contributed by atoms with E-state index in [2.05, 4.69) is 0 Å². The van der Waals surface area contributed by atoms with Gasteiger partial charge in [-0.2, -0.15) is 0 Å². The van der Waals surface area contributed by atoms with E-state index in [1.54, 1.807) is 24.3 Å². The highest BCUT2D eigenvalue weighted by atomic mass is 28.4. The Balaban J connectivity index is 1.75. The van der Waals surface area contributed by atoms with E-state index in [0.29, 0.717) is 11.1 Å². The third-order valence-corrected chi connectivity index (χ3v) is 9.69. The van der Waals surface area contributed by atoms with Gasteiger partial charge in [0.2, 0.25) is 5.78 Å². The van der Waals surface area contributed by atoms with E-state index in [1.165, 1.54) is 6.08 Å². The van der Waals surface area contributed by atoms with Crippen molar-refractivity contribution in [2.24, 2.45) is 0 Å². The van der Waals surface area contributed by atoms with E-state index in [0.717, 1.165) is 15.6 Å². The minimum Gasteiger partial charge on any atom is -0.528 e. The molecule has 0 amide bonds. The Bertz CT molecular complexity index is 1220. The van der Waals surface area contributed by atoms with Gasteiger partial charge in [0.05, 0.1) is 0 Å². The Morgan fingerprint density at radius 3 is 1.38 bits per heavy atom. The molecule has 4 heteroatoms. The van der Waals surface area contributed by atoms with Crippen molar-refractivity contribution in [2.45, 2.75) is 0 Å². The molecule has 0 unspecified atom stereocenters. The first-order valence-electron chi connectivity index (χ1n) is 10.5. The van der Waals surface area contributed by atoms with Gasteiger partial charge in [-0.05, 0) is 15.6 Å². The van der Waals surface area contributed by atoms with Crippen LogP contribution in [0.5, 0.6) is 0 Å². The highest BCUT2D eigenvalue weighted by molar-refractivity contribution is 7.07. The third kappa shape index (κ3) is 3.31. The van der Waals surface area contributed by atoms with E-state index in [9.17, 15) is 9.59 Å². The molecule has 1 aliphatic carbocycles. The normalized spacial score (nSPS) is 13.3. The third-order valence-electron chi connectivity index (χ3n) is 5.73. The van der Waals surface area contributed by atoms with Gasteiger partial charge in [0.25, 0.3) is 0 Å². The molecule has 0 spiro atoms. The largest absolute Gasteiger partial charge is 0.528 e. The van der Waals surface area contributed by atoms with Gasteiger partial charge >= 0.3 is 8.32 Å². The summed E-state index contributed by atoms with van der Waals surface area (Å²) < 4.78 is 6.81. The van der Waals surface area contributed by atoms with E-state index in [4.69, 9.17) is 4.43 Å². The lowest BCUT2D eigenvalue weighted by Crippen LogP contribution is -2.69. The molecule has 0 saturated heterocycles. The number of benzene rings is 4. The monoisotopic (exact) mass is 432 g/mol. The first-order chi connectivity index (χ1) is 15.7. The molecule has 0 bridgehead atoms. The molecule has 5 rings (SSSR count). The molecule has 4 aromatic rings. The van der Waals surface area contributed by atoms with Gasteiger partial charge in [0, 0.05) is 17.2 Å². The number of allylic oxidation sites excluding steroid dienone is 2. The average molecular weight is 433 g/mol. The first kappa shape index (κ1) is 19.9. The molecule has 1 aliphatic rings. The lowest BCUT2D eigenvalue weighted by molar-refractivity contribution is 0.0946. The summed E-state index contributed by atoms with van der Waals surface area (Å²) in [5.74, 6) is -0.385. The Morgan fingerprint density at radius 2 is 0.906 bits per heavy atom. The van der Waals surface area contributed by atoms with Crippen molar-refractivity contribution in [1.82, 2.24) is 0 Å². The van der Waals surface area contributed by atoms with Crippen LogP contribution in [-0.4, -0.2) is 19.9 Å². The summed E-state index contributed by atoms with van der Waals surface area (Å²) in [6.45, 7) is 0. The second-order valence-corrected chi connectivity index (χ2v) is 10.9. The van der Waals surface area contributed by atoms with Gasteiger partial charge in [-0.3, -0.25) is 9.59 Å². The molecule has 0 N–H and O–H groups in total. The van der Waals surface area contributed by atoms with Crippen molar-refractivity contribution in [1.29, 1.82) is 0 Å². The van der Waals surface area contributed by atoms with Crippen LogP contribution in [0.25, 0.3) is 0 Å². The van der Waals surface area contributed by atoms with Crippen LogP contribution in [0.1, 0.15) is 20.7 Å². The van der Waals surface area contributed by atoms with Crippen LogP contribution in [0.4, 0.5) is 0 Å². The molecule has 0 aliphatic heterocycles.